The summed E-state index contributed by atoms with van der Waals surface area (Å²) >= 11 is 0. The normalized spacial score (nSPS) is 31.0. The van der Waals surface area contributed by atoms with Crippen molar-refractivity contribution >= 4 is 5.91 Å². The Morgan fingerprint density at radius 2 is 2.00 bits per heavy atom. The minimum atomic E-state index is -0.251. The molecular formula is C18H25N3O3. The Labute approximate surface area is 142 Å². The van der Waals surface area contributed by atoms with Gasteiger partial charge in [-0.1, -0.05) is 0 Å². The second kappa shape index (κ2) is 7.17. The number of amides is 1. The SMILES string of the molecule is O=C([C@@H]1C[C@@H]2CCN(Cc3ccncc3)C[C@H]2O1)N1CCOCC1. The van der Waals surface area contributed by atoms with E-state index < -0.39 is 0 Å². The molecule has 3 saturated heterocycles. The third kappa shape index (κ3) is 3.45. The van der Waals surface area contributed by atoms with Gasteiger partial charge in [0.2, 0.25) is 0 Å². The fourth-order valence-corrected chi connectivity index (χ4v) is 4.03. The molecule has 3 fully saturated rings. The zero-order valence-electron chi connectivity index (χ0n) is 14.0. The number of pyridine rings is 1. The first-order chi connectivity index (χ1) is 11.8. The third-order valence-corrected chi connectivity index (χ3v) is 5.39. The van der Waals surface area contributed by atoms with Gasteiger partial charge in [-0.05, 0) is 43.0 Å². The number of carbonyl (C=O) groups excluding carboxylic acids is 1. The van der Waals surface area contributed by atoms with E-state index in [9.17, 15) is 4.79 Å². The van der Waals surface area contributed by atoms with Crippen LogP contribution in [-0.2, 0) is 20.8 Å². The van der Waals surface area contributed by atoms with E-state index in [-0.39, 0.29) is 18.1 Å². The lowest BCUT2D eigenvalue weighted by Crippen LogP contribution is -2.46. The molecule has 1 amide bonds. The summed E-state index contributed by atoms with van der Waals surface area (Å²) in [6.07, 6.45) is 5.61. The third-order valence-electron chi connectivity index (χ3n) is 5.39. The molecule has 0 bridgehead atoms. The van der Waals surface area contributed by atoms with Crippen molar-refractivity contribution in [1.29, 1.82) is 0 Å². The van der Waals surface area contributed by atoms with E-state index in [4.69, 9.17) is 9.47 Å². The number of carbonyl (C=O) groups is 1. The molecule has 3 atom stereocenters. The van der Waals surface area contributed by atoms with Crippen LogP contribution in [0, 0.1) is 5.92 Å². The zero-order valence-corrected chi connectivity index (χ0v) is 14.0. The highest BCUT2D eigenvalue weighted by molar-refractivity contribution is 5.81. The van der Waals surface area contributed by atoms with E-state index in [1.807, 2.05) is 17.3 Å². The molecule has 3 aliphatic heterocycles. The van der Waals surface area contributed by atoms with E-state index in [2.05, 4.69) is 22.0 Å². The van der Waals surface area contributed by atoms with Crippen LogP contribution in [0.2, 0.25) is 0 Å². The molecule has 24 heavy (non-hydrogen) atoms. The highest BCUT2D eigenvalue weighted by atomic mass is 16.5. The predicted molar refractivity (Wildman–Crippen MR) is 88.3 cm³/mol. The van der Waals surface area contributed by atoms with Gasteiger partial charge in [0.25, 0.3) is 5.91 Å². The number of nitrogens with zero attached hydrogens (tertiary/aromatic N) is 3. The lowest BCUT2D eigenvalue weighted by molar-refractivity contribution is -0.147. The highest BCUT2D eigenvalue weighted by Crippen LogP contribution is 2.34. The molecule has 1 aromatic heterocycles. The minimum Gasteiger partial charge on any atom is -0.378 e. The second-order valence-electron chi connectivity index (χ2n) is 6.98. The van der Waals surface area contributed by atoms with Crippen molar-refractivity contribution in [3.05, 3.63) is 30.1 Å². The van der Waals surface area contributed by atoms with Crippen LogP contribution in [0.25, 0.3) is 0 Å². The number of hydrogen-bond acceptors (Lipinski definition) is 5. The minimum absolute atomic E-state index is 0.161. The van der Waals surface area contributed by atoms with Crippen molar-refractivity contribution in [3.8, 4) is 0 Å². The van der Waals surface area contributed by atoms with Crippen LogP contribution < -0.4 is 0 Å². The van der Waals surface area contributed by atoms with Crippen molar-refractivity contribution < 1.29 is 14.3 Å². The molecule has 4 rings (SSSR count). The van der Waals surface area contributed by atoms with Crippen LogP contribution in [0.5, 0.6) is 0 Å². The first kappa shape index (κ1) is 16.0. The molecular weight excluding hydrogens is 306 g/mol. The Balaban J connectivity index is 1.33. The van der Waals surface area contributed by atoms with Crippen LogP contribution in [-0.4, -0.2) is 72.3 Å². The van der Waals surface area contributed by atoms with E-state index in [1.54, 1.807) is 0 Å². The average molecular weight is 331 g/mol. The highest BCUT2D eigenvalue weighted by Gasteiger charge is 2.43. The number of rotatable bonds is 3. The van der Waals surface area contributed by atoms with Crippen LogP contribution in [0.15, 0.2) is 24.5 Å². The number of morpholine rings is 1. The molecule has 0 unspecified atom stereocenters. The van der Waals surface area contributed by atoms with Crippen molar-refractivity contribution in [2.75, 3.05) is 39.4 Å². The molecule has 0 saturated carbocycles. The van der Waals surface area contributed by atoms with Gasteiger partial charge < -0.3 is 14.4 Å². The Bertz CT molecular complexity index is 562. The summed E-state index contributed by atoms with van der Waals surface area (Å²) in [7, 11) is 0. The van der Waals surface area contributed by atoms with Crippen molar-refractivity contribution in [3.63, 3.8) is 0 Å². The van der Waals surface area contributed by atoms with E-state index in [1.165, 1.54) is 5.56 Å². The van der Waals surface area contributed by atoms with Gasteiger partial charge in [0, 0.05) is 38.6 Å². The Kier molecular flexibility index (Phi) is 4.78. The van der Waals surface area contributed by atoms with E-state index in [0.29, 0.717) is 32.2 Å². The lowest BCUT2D eigenvalue weighted by Gasteiger charge is -2.34. The van der Waals surface area contributed by atoms with Gasteiger partial charge in [-0.15, -0.1) is 0 Å². The summed E-state index contributed by atoms with van der Waals surface area (Å²) in [6.45, 7) is 5.60. The monoisotopic (exact) mass is 331 g/mol. The molecule has 3 aliphatic rings. The zero-order chi connectivity index (χ0) is 16.4. The topological polar surface area (TPSA) is 54.9 Å². The Morgan fingerprint density at radius 3 is 2.79 bits per heavy atom. The van der Waals surface area contributed by atoms with E-state index in [0.717, 1.165) is 32.5 Å². The molecule has 130 valence electrons. The molecule has 6 nitrogen and oxygen atoms in total. The second-order valence-corrected chi connectivity index (χ2v) is 6.98. The average Bonchev–Trinajstić information content (AvgIpc) is 3.06. The van der Waals surface area contributed by atoms with Crippen LogP contribution in [0.1, 0.15) is 18.4 Å². The molecule has 0 N–H and O–H groups in total. The maximum Gasteiger partial charge on any atom is 0.251 e. The van der Waals surface area contributed by atoms with Crippen LogP contribution >= 0.6 is 0 Å². The number of fused-ring (bicyclic) bond motifs is 1. The summed E-state index contributed by atoms with van der Waals surface area (Å²) < 4.78 is 11.5. The Morgan fingerprint density at radius 1 is 1.21 bits per heavy atom. The van der Waals surface area contributed by atoms with Crippen LogP contribution in [0.3, 0.4) is 0 Å². The van der Waals surface area contributed by atoms with Crippen molar-refractivity contribution in [1.82, 2.24) is 14.8 Å². The summed E-state index contributed by atoms with van der Waals surface area (Å²) in [5.74, 6) is 0.682. The molecule has 0 aliphatic carbocycles. The van der Waals surface area contributed by atoms with Crippen molar-refractivity contribution in [2.45, 2.75) is 31.6 Å². The van der Waals surface area contributed by atoms with Crippen LogP contribution in [0.4, 0.5) is 0 Å². The molecule has 0 spiro atoms. The first-order valence-corrected chi connectivity index (χ1v) is 8.93. The molecule has 1 aromatic rings. The summed E-state index contributed by atoms with van der Waals surface area (Å²) in [4.78, 5) is 21.0. The van der Waals surface area contributed by atoms with Gasteiger partial charge in [0.15, 0.2) is 0 Å². The Hall–Kier alpha value is -1.50. The fraction of sp³-hybridized carbons (Fsp3) is 0.667. The smallest absolute Gasteiger partial charge is 0.251 e. The van der Waals surface area contributed by atoms with Gasteiger partial charge in [0.1, 0.15) is 6.10 Å². The maximum atomic E-state index is 12.6. The van der Waals surface area contributed by atoms with Gasteiger partial charge >= 0.3 is 0 Å². The number of ether oxygens (including phenoxy) is 2. The summed E-state index contributed by atoms with van der Waals surface area (Å²) in [5, 5.41) is 0. The van der Waals surface area contributed by atoms with Crippen molar-refractivity contribution in [2.24, 2.45) is 5.92 Å². The molecule has 0 radical (unpaired) electrons. The summed E-state index contributed by atoms with van der Waals surface area (Å²) in [6, 6.07) is 4.12. The summed E-state index contributed by atoms with van der Waals surface area (Å²) in [5.41, 5.74) is 1.28. The van der Waals surface area contributed by atoms with Gasteiger partial charge in [-0.25, -0.2) is 0 Å². The standard InChI is InChI=1S/C18H25N3O3/c22-18(21-7-9-23-10-8-21)16-11-15-3-6-20(13-17(15)24-16)12-14-1-4-19-5-2-14/h1-2,4-5,15-17H,3,6-13H2/t15-,16-,17+/m0/s1. The number of piperidine rings is 1. The first-order valence-electron chi connectivity index (χ1n) is 8.93. The van der Waals surface area contributed by atoms with Gasteiger partial charge in [-0.2, -0.15) is 0 Å². The maximum absolute atomic E-state index is 12.6. The molecule has 0 aromatic carbocycles. The van der Waals surface area contributed by atoms with Gasteiger partial charge in [-0.3, -0.25) is 14.7 Å². The lowest BCUT2D eigenvalue weighted by atomic mass is 9.91. The number of aromatic nitrogens is 1. The fourth-order valence-electron chi connectivity index (χ4n) is 4.03. The largest absolute Gasteiger partial charge is 0.378 e. The number of hydrogen-bond donors (Lipinski definition) is 0. The number of likely N-dealkylation sites (tertiary alicyclic amines) is 1. The quantitative estimate of drug-likeness (QED) is 0.824. The van der Waals surface area contributed by atoms with Gasteiger partial charge in [0.05, 0.1) is 19.3 Å². The molecule has 6 heteroatoms. The van der Waals surface area contributed by atoms with E-state index >= 15 is 0 Å². The molecule has 4 heterocycles. The predicted octanol–water partition coefficient (Wildman–Crippen LogP) is 0.920.